The average molecular weight is 308 g/mol. The Morgan fingerprint density at radius 3 is 2.64 bits per heavy atom. The van der Waals surface area contributed by atoms with Crippen molar-refractivity contribution < 1.29 is 13.9 Å². The molecule has 0 unspecified atom stereocenters. The van der Waals surface area contributed by atoms with E-state index in [1.165, 1.54) is 0 Å². The molecule has 1 aliphatic rings. The van der Waals surface area contributed by atoms with Gasteiger partial charge in [-0.15, -0.1) is 0 Å². The second-order valence-electron chi connectivity index (χ2n) is 6.57. The molecule has 22 heavy (non-hydrogen) atoms. The summed E-state index contributed by atoms with van der Waals surface area (Å²) < 4.78 is 11.3. The highest BCUT2D eigenvalue weighted by molar-refractivity contribution is 5.96. The molecule has 0 radical (unpaired) electrons. The number of carbonyl (C=O) groups is 1. The zero-order valence-electron chi connectivity index (χ0n) is 14.4. The monoisotopic (exact) mass is 308 g/mol. The molecule has 0 saturated carbocycles. The van der Waals surface area contributed by atoms with Crippen molar-refractivity contribution in [2.75, 3.05) is 32.8 Å². The lowest BCUT2D eigenvalue weighted by atomic mass is 10.1. The number of aryl methyl sites for hydroxylation is 2. The van der Waals surface area contributed by atoms with Gasteiger partial charge in [-0.1, -0.05) is 13.8 Å². The van der Waals surface area contributed by atoms with E-state index in [0.717, 1.165) is 37.6 Å². The Bertz CT molecular complexity index is 522. The fraction of sp³-hybridized carbons (Fsp3) is 0.706. The van der Waals surface area contributed by atoms with E-state index in [-0.39, 0.29) is 12.0 Å². The average Bonchev–Trinajstić information content (AvgIpc) is 2.69. The SMILES string of the molecule is Cc1oc(C)c(C(=O)NC[C@H]2CN(CC(C)C)CCO2)c1C. The lowest BCUT2D eigenvalue weighted by molar-refractivity contribution is -0.0295. The van der Waals surface area contributed by atoms with Crippen LogP contribution in [0.4, 0.5) is 0 Å². The fourth-order valence-corrected chi connectivity index (χ4v) is 3.01. The summed E-state index contributed by atoms with van der Waals surface area (Å²) in [5.74, 6) is 2.06. The van der Waals surface area contributed by atoms with Gasteiger partial charge in [-0.05, 0) is 26.7 Å². The van der Waals surface area contributed by atoms with Crippen LogP contribution in [0.15, 0.2) is 4.42 Å². The molecule has 124 valence electrons. The first-order chi connectivity index (χ1) is 10.4. The maximum absolute atomic E-state index is 12.4. The maximum atomic E-state index is 12.4. The third kappa shape index (κ3) is 4.11. The highest BCUT2D eigenvalue weighted by Crippen LogP contribution is 2.20. The van der Waals surface area contributed by atoms with Crippen molar-refractivity contribution in [1.29, 1.82) is 0 Å². The molecule has 0 aromatic carbocycles. The molecule has 1 amide bonds. The molecule has 2 rings (SSSR count). The van der Waals surface area contributed by atoms with Crippen LogP contribution in [-0.4, -0.2) is 49.7 Å². The Labute approximate surface area is 133 Å². The smallest absolute Gasteiger partial charge is 0.255 e. The zero-order chi connectivity index (χ0) is 16.3. The van der Waals surface area contributed by atoms with Crippen LogP contribution in [0.25, 0.3) is 0 Å². The van der Waals surface area contributed by atoms with E-state index in [2.05, 4.69) is 24.1 Å². The number of rotatable bonds is 5. The van der Waals surface area contributed by atoms with E-state index < -0.39 is 0 Å². The van der Waals surface area contributed by atoms with Crippen LogP contribution in [0.3, 0.4) is 0 Å². The van der Waals surface area contributed by atoms with Crippen LogP contribution in [0.2, 0.25) is 0 Å². The summed E-state index contributed by atoms with van der Waals surface area (Å²) >= 11 is 0. The van der Waals surface area contributed by atoms with Crippen LogP contribution in [-0.2, 0) is 4.74 Å². The molecule has 1 aromatic heterocycles. The van der Waals surface area contributed by atoms with Crippen molar-refractivity contribution in [1.82, 2.24) is 10.2 Å². The van der Waals surface area contributed by atoms with Crippen LogP contribution < -0.4 is 5.32 Å². The van der Waals surface area contributed by atoms with E-state index in [1.54, 1.807) is 0 Å². The number of furan rings is 1. The molecule has 1 aromatic rings. The third-order valence-corrected chi connectivity index (χ3v) is 4.12. The molecule has 0 spiro atoms. The van der Waals surface area contributed by atoms with Crippen molar-refractivity contribution in [3.8, 4) is 0 Å². The molecule has 5 heteroatoms. The molecule has 0 aliphatic carbocycles. The van der Waals surface area contributed by atoms with Crippen LogP contribution in [0, 0.1) is 26.7 Å². The number of morpholine rings is 1. The third-order valence-electron chi connectivity index (χ3n) is 4.12. The largest absolute Gasteiger partial charge is 0.466 e. The molecule has 2 heterocycles. The van der Waals surface area contributed by atoms with Gasteiger partial charge in [0.1, 0.15) is 11.5 Å². The Hall–Kier alpha value is -1.33. The molecule has 1 fully saturated rings. The fourth-order valence-electron chi connectivity index (χ4n) is 3.01. The maximum Gasteiger partial charge on any atom is 0.255 e. The van der Waals surface area contributed by atoms with Gasteiger partial charge >= 0.3 is 0 Å². The van der Waals surface area contributed by atoms with Gasteiger partial charge in [0.2, 0.25) is 0 Å². The summed E-state index contributed by atoms with van der Waals surface area (Å²) in [6.07, 6.45) is 0.0602. The lowest BCUT2D eigenvalue weighted by Crippen LogP contribution is -2.48. The highest BCUT2D eigenvalue weighted by Gasteiger charge is 2.23. The molecular formula is C17H28N2O3. The van der Waals surface area contributed by atoms with Crippen molar-refractivity contribution in [3.63, 3.8) is 0 Å². The minimum Gasteiger partial charge on any atom is -0.466 e. The number of hydrogen-bond acceptors (Lipinski definition) is 4. The summed E-state index contributed by atoms with van der Waals surface area (Å²) in [6, 6.07) is 0. The van der Waals surface area contributed by atoms with Crippen molar-refractivity contribution in [3.05, 3.63) is 22.6 Å². The predicted molar refractivity (Wildman–Crippen MR) is 86.3 cm³/mol. The number of carbonyl (C=O) groups excluding carboxylic acids is 1. The molecule has 1 saturated heterocycles. The predicted octanol–water partition coefficient (Wildman–Crippen LogP) is 2.29. The lowest BCUT2D eigenvalue weighted by Gasteiger charge is -2.33. The topological polar surface area (TPSA) is 54.7 Å². The summed E-state index contributed by atoms with van der Waals surface area (Å²) in [5, 5.41) is 2.99. The molecule has 5 nitrogen and oxygen atoms in total. The van der Waals surface area contributed by atoms with E-state index in [4.69, 9.17) is 9.15 Å². The van der Waals surface area contributed by atoms with Gasteiger partial charge in [-0.2, -0.15) is 0 Å². The summed E-state index contributed by atoms with van der Waals surface area (Å²) in [6.45, 7) is 14.3. The molecular weight excluding hydrogens is 280 g/mol. The van der Waals surface area contributed by atoms with Crippen LogP contribution in [0.5, 0.6) is 0 Å². The minimum atomic E-state index is -0.0727. The first-order valence-corrected chi connectivity index (χ1v) is 8.07. The van der Waals surface area contributed by atoms with Gasteiger partial charge < -0.3 is 14.5 Å². The van der Waals surface area contributed by atoms with E-state index in [9.17, 15) is 4.79 Å². The first-order valence-electron chi connectivity index (χ1n) is 8.07. The zero-order valence-corrected chi connectivity index (χ0v) is 14.4. The minimum absolute atomic E-state index is 0.0602. The number of nitrogens with zero attached hydrogens (tertiary/aromatic N) is 1. The summed E-state index contributed by atoms with van der Waals surface area (Å²) in [5.41, 5.74) is 1.58. The second-order valence-corrected chi connectivity index (χ2v) is 6.57. The van der Waals surface area contributed by atoms with Gasteiger partial charge in [0, 0.05) is 31.7 Å². The first kappa shape index (κ1) is 17.0. The van der Waals surface area contributed by atoms with Crippen molar-refractivity contribution in [2.45, 2.75) is 40.7 Å². The molecule has 1 atom stereocenters. The van der Waals surface area contributed by atoms with Gasteiger partial charge in [-0.3, -0.25) is 9.69 Å². The van der Waals surface area contributed by atoms with Gasteiger partial charge in [-0.25, -0.2) is 0 Å². The number of ether oxygens (including phenoxy) is 1. The number of amides is 1. The van der Waals surface area contributed by atoms with E-state index in [1.807, 2.05) is 20.8 Å². The van der Waals surface area contributed by atoms with Crippen molar-refractivity contribution in [2.24, 2.45) is 5.92 Å². The molecule has 1 aliphatic heterocycles. The second kappa shape index (κ2) is 7.29. The van der Waals surface area contributed by atoms with E-state index in [0.29, 0.717) is 23.8 Å². The highest BCUT2D eigenvalue weighted by atomic mass is 16.5. The summed E-state index contributed by atoms with van der Waals surface area (Å²) in [7, 11) is 0. The number of nitrogens with one attached hydrogen (secondary N) is 1. The van der Waals surface area contributed by atoms with Gasteiger partial charge in [0.25, 0.3) is 5.91 Å². The van der Waals surface area contributed by atoms with E-state index >= 15 is 0 Å². The Morgan fingerprint density at radius 2 is 2.05 bits per heavy atom. The quantitative estimate of drug-likeness (QED) is 0.907. The number of hydrogen-bond donors (Lipinski definition) is 1. The molecule has 0 bridgehead atoms. The Kier molecular flexibility index (Phi) is 5.64. The standard InChI is InChI=1S/C17H28N2O3/c1-11(2)9-19-6-7-21-15(10-19)8-18-17(20)16-12(3)13(4)22-14(16)5/h11,15H,6-10H2,1-5H3,(H,18,20)/t15-/m0/s1. The normalized spacial score (nSPS) is 19.6. The van der Waals surface area contributed by atoms with Crippen LogP contribution >= 0.6 is 0 Å². The van der Waals surface area contributed by atoms with Crippen LogP contribution in [0.1, 0.15) is 41.3 Å². The summed E-state index contributed by atoms with van der Waals surface area (Å²) in [4.78, 5) is 14.8. The Balaban J connectivity index is 1.88. The molecule has 1 N–H and O–H groups in total. The van der Waals surface area contributed by atoms with Crippen molar-refractivity contribution >= 4 is 5.91 Å². The van der Waals surface area contributed by atoms with Gasteiger partial charge in [0.15, 0.2) is 0 Å². The van der Waals surface area contributed by atoms with Gasteiger partial charge in [0.05, 0.1) is 18.3 Å². The Morgan fingerprint density at radius 1 is 1.32 bits per heavy atom.